The molecule has 3 aromatic rings. The number of halogens is 1. The van der Waals surface area contributed by atoms with Crippen LogP contribution in [-0.4, -0.2) is 52.4 Å². The lowest BCUT2D eigenvalue weighted by molar-refractivity contribution is 0.0570. The number of benzene rings is 2. The van der Waals surface area contributed by atoms with E-state index >= 15 is 0 Å². The Kier molecular flexibility index (Phi) is 9.49. The van der Waals surface area contributed by atoms with Crippen molar-refractivity contribution in [2.75, 3.05) is 36.5 Å². The van der Waals surface area contributed by atoms with Crippen LogP contribution < -0.4 is 21.6 Å². The summed E-state index contributed by atoms with van der Waals surface area (Å²) in [7, 11) is 0. The maximum atomic E-state index is 9.81. The van der Waals surface area contributed by atoms with E-state index in [-0.39, 0.29) is 11.6 Å². The van der Waals surface area contributed by atoms with Crippen LogP contribution in [0.25, 0.3) is 10.9 Å². The highest BCUT2D eigenvalue weighted by Gasteiger charge is 2.32. The second-order valence-electron chi connectivity index (χ2n) is 11.6. The average molecular weight is 603 g/mol. The second-order valence-corrected chi connectivity index (χ2v) is 12.8. The summed E-state index contributed by atoms with van der Waals surface area (Å²) in [6.45, 7) is 9.60. The molecule has 0 radical (unpaired) electrons. The minimum Gasteiger partial charge on any atom is -0.380 e. The number of rotatable bonds is 9. The van der Waals surface area contributed by atoms with E-state index in [0.717, 1.165) is 54.0 Å². The monoisotopic (exact) mass is 602 g/mol. The number of piperidine rings is 1. The van der Waals surface area contributed by atoms with Gasteiger partial charge in [-0.1, -0.05) is 48.0 Å². The molecule has 3 heterocycles. The van der Waals surface area contributed by atoms with E-state index in [1.807, 2.05) is 48.1 Å². The molecule has 0 saturated carbocycles. The Morgan fingerprint density at radius 3 is 2.67 bits per heavy atom. The molecule has 42 heavy (non-hydrogen) atoms. The normalized spacial score (nSPS) is 17.2. The van der Waals surface area contributed by atoms with Crippen LogP contribution in [0.15, 0.2) is 72.0 Å². The number of nitrogens with zero attached hydrogens (tertiary/aromatic N) is 4. The van der Waals surface area contributed by atoms with Crippen molar-refractivity contribution in [3.63, 3.8) is 0 Å². The van der Waals surface area contributed by atoms with E-state index in [2.05, 4.69) is 81.7 Å². The zero-order valence-corrected chi connectivity index (χ0v) is 26.2. The molecule has 2 aliphatic heterocycles. The molecule has 0 spiro atoms. The number of hydrazine groups is 2. The average Bonchev–Trinajstić information content (AvgIpc) is 3.48. The van der Waals surface area contributed by atoms with Crippen molar-refractivity contribution in [2.24, 2.45) is 0 Å². The Balaban J connectivity index is 1.44. The summed E-state index contributed by atoms with van der Waals surface area (Å²) in [5.41, 5.74) is 11.9. The SMILES string of the molecule is CS/C=C\CNc1c(C#N)cnc2c(Cl)cc(N[C@H](C3=CN(C4CCN(C(C)(C)C)CC4)NN3)c3ccccc3)cc12. The highest BCUT2D eigenvalue weighted by atomic mass is 35.5. The van der Waals surface area contributed by atoms with Gasteiger partial charge in [-0.15, -0.1) is 17.3 Å². The zero-order valence-electron chi connectivity index (χ0n) is 24.6. The number of thioether (sulfide) groups is 1. The van der Waals surface area contributed by atoms with Crippen molar-refractivity contribution >= 4 is 45.6 Å². The first-order valence-corrected chi connectivity index (χ1v) is 16.0. The number of nitriles is 1. The summed E-state index contributed by atoms with van der Waals surface area (Å²) in [5, 5.41) is 22.5. The molecule has 10 heteroatoms. The molecule has 2 aliphatic rings. The third-order valence-electron chi connectivity index (χ3n) is 7.84. The number of fused-ring (bicyclic) bond motifs is 1. The van der Waals surface area contributed by atoms with Gasteiger partial charge >= 0.3 is 0 Å². The van der Waals surface area contributed by atoms with Gasteiger partial charge in [-0.05, 0) is 63.0 Å². The Morgan fingerprint density at radius 2 is 1.98 bits per heavy atom. The van der Waals surface area contributed by atoms with Gasteiger partial charge in [-0.2, -0.15) is 5.26 Å². The summed E-state index contributed by atoms with van der Waals surface area (Å²) in [6, 6.07) is 16.8. The van der Waals surface area contributed by atoms with E-state index in [9.17, 15) is 5.26 Å². The van der Waals surface area contributed by atoms with Gasteiger partial charge < -0.3 is 16.1 Å². The standard InChI is InChI=1S/C32H39ClN8S/c1-32(2,3)40-14-11-25(12-15-40)41-21-28(38-39-41)30(22-9-6-5-7-10-22)37-24-17-26-29(35-13-8-16-42-4)23(19-34)20-36-31(26)27(33)18-24/h5-10,16-18,20-21,25,30,37-39H,11-15H2,1-4H3,(H,35,36)/b16-8-/t30-/m0/s1. The van der Waals surface area contributed by atoms with Gasteiger partial charge in [-0.25, -0.2) is 0 Å². The molecule has 2 aromatic carbocycles. The fraction of sp³-hybridized carbons (Fsp3) is 0.375. The van der Waals surface area contributed by atoms with Crippen molar-refractivity contribution < 1.29 is 0 Å². The number of anilines is 2. The van der Waals surface area contributed by atoms with Crippen molar-refractivity contribution in [1.29, 1.82) is 5.26 Å². The van der Waals surface area contributed by atoms with Gasteiger partial charge in [0, 0.05) is 54.7 Å². The van der Waals surface area contributed by atoms with Crippen LogP contribution in [0.4, 0.5) is 11.4 Å². The molecule has 0 unspecified atom stereocenters. The molecule has 8 nitrogen and oxygen atoms in total. The molecular formula is C32H39ClN8S. The molecule has 1 fully saturated rings. The van der Waals surface area contributed by atoms with Gasteiger partial charge in [-0.3, -0.25) is 14.9 Å². The van der Waals surface area contributed by atoms with Crippen LogP contribution in [0.1, 0.15) is 50.8 Å². The number of aromatic nitrogens is 1. The van der Waals surface area contributed by atoms with Crippen LogP contribution in [-0.2, 0) is 0 Å². The fourth-order valence-corrected chi connectivity index (χ4v) is 6.13. The van der Waals surface area contributed by atoms with Crippen LogP contribution in [0, 0.1) is 11.3 Å². The molecule has 4 N–H and O–H groups in total. The van der Waals surface area contributed by atoms with Gasteiger partial charge in [0.15, 0.2) is 0 Å². The van der Waals surface area contributed by atoms with Crippen molar-refractivity contribution in [3.05, 3.63) is 88.2 Å². The molecule has 220 valence electrons. The predicted molar refractivity (Wildman–Crippen MR) is 176 cm³/mol. The zero-order chi connectivity index (χ0) is 29.7. The molecule has 1 aromatic heterocycles. The van der Waals surface area contributed by atoms with E-state index in [0.29, 0.717) is 28.7 Å². The van der Waals surface area contributed by atoms with Crippen LogP contribution in [0.5, 0.6) is 0 Å². The van der Waals surface area contributed by atoms with Crippen molar-refractivity contribution in [3.8, 4) is 6.07 Å². The number of nitrogens with one attached hydrogen (secondary N) is 4. The van der Waals surface area contributed by atoms with E-state index in [1.54, 1.807) is 18.0 Å². The lowest BCUT2D eigenvalue weighted by Gasteiger charge is -2.42. The molecule has 1 saturated heterocycles. The highest BCUT2D eigenvalue weighted by Crippen LogP contribution is 2.36. The first-order valence-electron chi connectivity index (χ1n) is 14.3. The minimum absolute atomic E-state index is 0.167. The molecular weight excluding hydrogens is 564 g/mol. The number of likely N-dealkylation sites (tertiary alicyclic amines) is 1. The number of hydrogen-bond donors (Lipinski definition) is 4. The highest BCUT2D eigenvalue weighted by molar-refractivity contribution is 8.01. The molecule has 1 atom stereocenters. The number of hydrogen-bond acceptors (Lipinski definition) is 9. The summed E-state index contributed by atoms with van der Waals surface area (Å²) in [6.07, 6.45) is 9.99. The smallest absolute Gasteiger partial charge is 0.103 e. The third kappa shape index (κ3) is 6.79. The first kappa shape index (κ1) is 30.1. The Bertz CT molecular complexity index is 1490. The minimum atomic E-state index is -0.167. The summed E-state index contributed by atoms with van der Waals surface area (Å²) in [4.78, 5) is 7.07. The third-order valence-corrected chi connectivity index (χ3v) is 8.60. The van der Waals surface area contributed by atoms with Crippen LogP contribution in [0.2, 0.25) is 5.02 Å². The van der Waals surface area contributed by atoms with E-state index < -0.39 is 0 Å². The molecule has 0 amide bonds. The second kappa shape index (κ2) is 13.3. The Hall–Kier alpha value is -3.42. The van der Waals surface area contributed by atoms with E-state index in [4.69, 9.17) is 11.6 Å². The van der Waals surface area contributed by atoms with Crippen LogP contribution >= 0.6 is 23.4 Å². The summed E-state index contributed by atoms with van der Waals surface area (Å²) in [5.74, 6) is 0. The summed E-state index contributed by atoms with van der Waals surface area (Å²) < 4.78 is 0. The summed E-state index contributed by atoms with van der Waals surface area (Å²) >= 11 is 8.42. The van der Waals surface area contributed by atoms with Gasteiger partial charge in [0.25, 0.3) is 0 Å². The van der Waals surface area contributed by atoms with Gasteiger partial charge in [0.05, 0.1) is 33.5 Å². The van der Waals surface area contributed by atoms with Gasteiger partial charge in [0.2, 0.25) is 0 Å². The Morgan fingerprint density at radius 1 is 1.21 bits per heavy atom. The maximum absolute atomic E-state index is 9.81. The largest absolute Gasteiger partial charge is 0.380 e. The van der Waals surface area contributed by atoms with Crippen LogP contribution in [0.3, 0.4) is 0 Å². The van der Waals surface area contributed by atoms with Crippen molar-refractivity contribution in [1.82, 2.24) is 25.9 Å². The first-order chi connectivity index (χ1) is 20.3. The molecule has 0 bridgehead atoms. The van der Waals surface area contributed by atoms with E-state index in [1.165, 1.54) is 0 Å². The number of pyridine rings is 1. The van der Waals surface area contributed by atoms with Gasteiger partial charge in [0.1, 0.15) is 6.07 Å². The lowest BCUT2D eigenvalue weighted by Crippen LogP contribution is -2.52. The molecule has 0 aliphatic carbocycles. The topological polar surface area (TPSA) is 91.3 Å². The maximum Gasteiger partial charge on any atom is 0.103 e. The fourth-order valence-electron chi connectivity index (χ4n) is 5.58. The molecule has 5 rings (SSSR count). The Labute approximate surface area is 258 Å². The lowest BCUT2D eigenvalue weighted by atomic mass is 9.98. The predicted octanol–water partition coefficient (Wildman–Crippen LogP) is 6.63. The van der Waals surface area contributed by atoms with Crippen molar-refractivity contribution in [2.45, 2.75) is 51.2 Å². The quantitative estimate of drug-likeness (QED) is 0.215.